The molecule has 19 heavy (non-hydrogen) atoms. The van der Waals surface area contributed by atoms with Crippen LogP contribution < -0.4 is 0 Å². The second-order valence-corrected chi connectivity index (χ2v) is 3.43. The summed E-state index contributed by atoms with van der Waals surface area (Å²) in [5.41, 5.74) is 0. The highest BCUT2D eigenvalue weighted by atomic mass is 16.7. The van der Waals surface area contributed by atoms with Gasteiger partial charge in [0.25, 0.3) is 0 Å². The summed E-state index contributed by atoms with van der Waals surface area (Å²) in [4.78, 5) is 34.5. The lowest BCUT2D eigenvalue weighted by Crippen LogP contribution is -2.40. The van der Waals surface area contributed by atoms with Gasteiger partial charge < -0.3 is 23.7 Å². The fourth-order valence-electron chi connectivity index (χ4n) is 1.33. The van der Waals surface area contributed by atoms with Gasteiger partial charge in [0.15, 0.2) is 6.10 Å². The summed E-state index contributed by atoms with van der Waals surface area (Å²) in [5.74, 6) is -3.43. The van der Waals surface area contributed by atoms with E-state index in [1.165, 1.54) is 14.2 Å². The molecule has 0 aromatic heterocycles. The van der Waals surface area contributed by atoms with Crippen molar-refractivity contribution in [3.8, 4) is 0 Å². The van der Waals surface area contributed by atoms with Crippen molar-refractivity contribution in [3.05, 3.63) is 0 Å². The Morgan fingerprint density at radius 1 is 0.895 bits per heavy atom. The molecule has 0 aliphatic heterocycles. The first-order valence-corrected chi connectivity index (χ1v) is 5.34. The zero-order valence-corrected chi connectivity index (χ0v) is 11.3. The van der Waals surface area contributed by atoms with E-state index in [1.807, 2.05) is 0 Å². The average Bonchev–Trinajstić information content (AvgIpc) is 2.44. The molecule has 0 bridgehead atoms. The molecule has 0 aromatic carbocycles. The van der Waals surface area contributed by atoms with Crippen LogP contribution in [0.2, 0.25) is 0 Å². The number of hydrogen-bond acceptors (Lipinski definition) is 8. The molecule has 0 unspecified atom stereocenters. The molecule has 110 valence electrons. The summed E-state index contributed by atoms with van der Waals surface area (Å²) in [6.07, 6.45) is -1.68. The van der Waals surface area contributed by atoms with Gasteiger partial charge in [0.2, 0.25) is 0 Å². The van der Waals surface area contributed by atoms with E-state index in [2.05, 4.69) is 18.9 Å². The van der Waals surface area contributed by atoms with Gasteiger partial charge in [-0.1, -0.05) is 0 Å². The van der Waals surface area contributed by atoms with Crippen LogP contribution in [0, 0.1) is 5.92 Å². The zero-order chi connectivity index (χ0) is 14.8. The Morgan fingerprint density at radius 3 is 1.89 bits per heavy atom. The first kappa shape index (κ1) is 17.3. The van der Waals surface area contributed by atoms with Gasteiger partial charge in [-0.25, -0.2) is 4.79 Å². The first-order valence-electron chi connectivity index (χ1n) is 5.34. The Morgan fingerprint density at radius 2 is 1.47 bits per heavy atom. The van der Waals surface area contributed by atoms with Crippen molar-refractivity contribution in [2.24, 2.45) is 5.92 Å². The van der Waals surface area contributed by atoms with Crippen LogP contribution in [0.15, 0.2) is 0 Å². The lowest BCUT2D eigenvalue weighted by molar-refractivity contribution is -0.179. The Balaban J connectivity index is 5.04. The van der Waals surface area contributed by atoms with Crippen LogP contribution in [0.3, 0.4) is 0 Å². The predicted octanol–water partition coefficient (Wildman–Crippen LogP) is -0.499. The van der Waals surface area contributed by atoms with Gasteiger partial charge in [0, 0.05) is 7.11 Å². The van der Waals surface area contributed by atoms with E-state index in [-0.39, 0.29) is 13.2 Å². The van der Waals surface area contributed by atoms with Crippen molar-refractivity contribution in [1.82, 2.24) is 0 Å². The fraction of sp³-hybridized carbons (Fsp3) is 0.727. The van der Waals surface area contributed by atoms with Gasteiger partial charge in [0.1, 0.15) is 12.7 Å². The Kier molecular flexibility index (Phi) is 8.47. The maximum atomic E-state index is 11.6. The molecular weight excluding hydrogens is 260 g/mol. The van der Waals surface area contributed by atoms with E-state index in [4.69, 9.17) is 4.74 Å². The Labute approximate surface area is 110 Å². The molecule has 0 fully saturated rings. The van der Waals surface area contributed by atoms with Crippen LogP contribution in [-0.2, 0) is 38.1 Å². The molecule has 0 aliphatic rings. The maximum Gasteiger partial charge on any atom is 0.336 e. The molecule has 0 saturated carbocycles. The van der Waals surface area contributed by atoms with Gasteiger partial charge in [-0.3, -0.25) is 9.59 Å². The lowest BCUT2D eigenvalue weighted by Gasteiger charge is -2.22. The molecule has 0 N–H and O–H groups in total. The lowest BCUT2D eigenvalue weighted by atomic mass is 9.98. The van der Waals surface area contributed by atoms with Crippen LogP contribution in [0.1, 0.15) is 6.42 Å². The van der Waals surface area contributed by atoms with Gasteiger partial charge in [0.05, 0.1) is 27.8 Å². The Hall–Kier alpha value is -1.67. The number of carbonyl (C=O) groups is 3. The van der Waals surface area contributed by atoms with Crippen LogP contribution in [0.25, 0.3) is 0 Å². The minimum atomic E-state index is -1.31. The van der Waals surface area contributed by atoms with Gasteiger partial charge >= 0.3 is 17.9 Å². The third kappa shape index (κ3) is 5.66. The maximum absolute atomic E-state index is 11.6. The molecule has 0 rings (SSSR count). The van der Waals surface area contributed by atoms with Crippen molar-refractivity contribution in [3.63, 3.8) is 0 Å². The van der Waals surface area contributed by atoms with Crippen LogP contribution in [-0.4, -0.2) is 59.2 Å². The normalized spacial score (nSPS) is 13.3. The molecule has 0 aliphatic carbocycles. The van der Waals surface area contributed by atoms with Gasteiger partial charge in [-0.05, 0) is 0 Å². The standard InChI is InChI=1S/C11H18O8/c1-15-6-19-9(11(14)18-4)7(10(13)17-3)5-8(12)16-2/h7,9H,5-6H2,1-4H3/t7-,9+/m0/s1. The van der Waals surface area contributed by atoms with Crippen LogP contribution in [0.4, 0.5) is 0 Å². The van der Waals surface area contributed by atoms with E-state index in [0.717, 1.165) is 14.2 Å². The molecule has 0 aromatic rings. The highest BCUT2D eigenvalue weighted by Crippen LogP contribution is 2.17. The molecule has 0 spiro atoms. The minimum absolute atomic E-state index is 0.242. The highest BCUT2D eigenvalue weighted by Gasteiger charge is 2.38. The van der Waals surface area contributed by atoms with Crippen molar-refractivity contribution in [1.29, 1.82) is 0 Å². The van der Waals surface area contributed by atoms with E-state index >= 15 is 0 Å². The number of rotatable bonds is 8. The third-order valence-electron chi connectivity index (χ3n) is 2.28. The largest absolute Gasteiger partial charge is 0.469 e. The van der Waals surface area contributed by atoms with Crippen molar-refractivity contribution < 1.29 is 38.1 Å². The SMILES string of the molecule is COCO[C@@H](C(=O)OC)[C@H](CC(=O)OC)C(=O)OC. The summed E-state index contributed by atoms with van der Waals surface area (Å²) in [5, 5.41) is 0. The summed E-state index contributed by atoms with van der Waals surface area (Å²) in [6.45, 7) is -0.242. The number of hydrogen-bond donors (Lipinski definition) is 0. The smallest absolute Gasteiger partial charge is 0.336 e. The highest BCUT2D eigenvalue weighted by molar-refractivity contribution is 5.87. The van der Waals surface area contributed by atoms with Crippen molar-refractivity contribution >= 4 is 17.9 Å². The molecule has 0 amide bonds. The molecule has 8 nitrogen and oxygen atoms in total. The monoisotopic (exact) mass is 278 g/mol. The van der Waals surface area contributed by atoms with E-state index in [1.54, 1.807) is 0 Å². The van der Waals surface area contributed by atoms with E-state index < -0.39 is 29.9 Å². The van der Waals surface area contributed by atoms with Crippen molar-refractivity contribution in [2.75, 3.05) is 35.2 Å². The molecular formula is C11H18O8. The quantitative estimate of drug-likeness (QED) is 0.333. The number of methoxy groups -OCH3 is 4. The minimum Gasteiger partial charge on any atom is -0.469 e. The molecule has 0 radical (unpaired) electrons. The summed E-state index contributed by atoms with van der Waals surface area (Å²) >= 11 is 0. The average molecular weight is 278 g/mol. The van der Waals surface area contributed by atoms with E-state index in [9.17, 15) is 14.4 Å². The molecule has 2 atom stereocenters. The van der Waals surface area contributed by atoms with Gasteiger partial charge in [-0.2, -0.15) is 0 Å². The van der Waals surface area contributed by atoms with Crippen LogP contribution >= 0.6 is 0 Å². The molecule has 0 saturated heterocycles. The number of ether oxygens (including phenoxy) is 5. The number of carbonyl (C=O) groups excluding carboxylic acids is 3. The van der Waals surface area contributed by atoms with E-state index in [0.29, 0.717) is 0 Å². The summed E-state index contributed by atoms with van der Waals surface area (Å²) < 4.78 is 23.2. The fourth-order valence-corrected chi connectivity index (χ4v) is 1.33. The topological polar surface area (TPSA) is 97.4 Å². The number of esters is 3. The second-order valence-electron chi connectivity index (χ2n) is 3.43. The summed E-state index contributed by atoms with van der Waals surface area (Å²) in [7, 11) is 4.79. The second kappa shape index (κ2) is 9.29. The van der Waals surface area contributed by atoms with Crippen molar-refractivity contribution in [2.45, 2.75) is 12.5 Å². The zero-order valence-electron chi connectivity index (χ0n) is 11.3. The van der Waals surface area contributed by atoms with Gasteiger partial charge in [-0.15, -0.1) is 0 Å². The first-order chi connectivity index (χ1) is 9.01. The van der Waals surface area contributed by atoms with Crippen LogP contribution in [0.5, 0.6) is 0 Å². The molecule has 0 heterocycles. The Bertz CT molecular complexity index is 314. The summed E-state index contributed by atoms with van der Waals surface area (Å²) in [6, 6.07) is 0. The predicted molar refractivity (Wildman–Crippen MR) is 60.9 cm³/mol. The third-order valence-corrected chi connectivity index (χ3v) is 2.28. The molecule has 8 heteroatoms.